The van der Waals surface area contributed by atoms with Crippen LogP contribution in [0.3, 0.4) is 0 Å². The number of carbonyl (C=O) groups is 1. The minimum atomic E-state index is -0.496. The lowest BCUT2D eigenvalue weighted by molar-refractivity contribution is 0.0235. The number of carbonyl (C=O) groups excluding carboxylic acids is 1. The smallest absolute Gasteiger partial charge is 0.410 e. The zero-order valence-corrected chi connectivity index (χ0v) is 18.3. The first kappa shape index (κ1) is 21.1. The molecule has 1 fully saturated rings. The van der Waals surface area contributed by atoms with Crippen molar-refractivity contribution >= 4 is 17.6 Å². The highest BCUT2D eigenvalue weighted by Crippen LogP contribution is 2.23. The number of likely N-dealkylation sites (tertiary alicyclic amines) is 1. The number of hydrogen-bond donors (Lipinski definition) is 2. The lowest BCUT2D eigenvalue weighted by Crippen LogP contribution is -2.42. The van der Waals surface area contributed by atoms with Crippen LogP contribution in [0.25, 0.3) is 16.9 Å². The molecule has 4 rings (SSSR count). The Morgan fingerprint density at radius 3 is 2.71 bits per heavy atom. The molecule has 1 unspecified atom stereocenters. The molecular weight excluding hydrogens is 392 g/mol. The van der Waals surface area contributed by atoms with Crippen LogP contribution < -0.4 is 11.1 Å². The SMILES string of the molecule is CC(C)(C)OC(=O)N1CCCC1CNc1ccc2ncc(-c3ccc(CN)cc3)n2n1. The number of nitrogens with zero attached hydrogens (tertiary/aromatic N) is 4. The van der Waals surface area contributed by atoms with E-state index in [1.807, 2.05) is 72.8 Å². The van der Waals surface area contributed by atoms with E-state index >= 15 is 0 Å². The Bertz CT molecular complexity index is 1050. The number of fused-ring (bicyclic) bond motifs is 1. The maximum atomic E-state index is 12.5. The second kappa shape index (κ2) is 8.55. The van der Waals surface area contributed by atoms with E-state index in [-0.39, 0.29) is 12.1 Å². The number of amides is 1. The van der Waals surface area contributed by atoms with Crippen LogP contribution in [0.1, 0.15) is 39.2 Å². The van der Waals surface area contributed by atoms with Gasteiger partial charge in [-0.05, 0) is 51.3 Å². The fourth-order valence-electron chi connectivity index (χ4n) is 3.81. The molecule has 0 saturated carbocycles. The summed E-state index contributed by atoms with van der Waals surface area (Å²) in [7, 11) is 0. The van der Waals surface area contributed by atoms with Crippen molar-refractivity contribution in [3.05, 3.63) is 48.2 Å². The van der Waals surface area contributed by atoms with Crippen LogP contribution >= 0.6 is 0 Å². The van der Waals surface area contributed by atoms with Gasteiger partial charge in [0.2, 0.25) is 0 Å². The first-order valence-corrected chi connectivity index (χ1v) is 10.7. The predicted molar refractivity (Wildman–Crippen MR) is 121 cm³/mol. The van der Waals surface area contributed by atoms with Gasteiger partial charge in [-0.25, -0.2) is 14.3 Å². The van der Waals surface area contributed by atoms with E-state index in [4.69, 9.17) is 15.6 Å². The third-order valence-corrected chi connectivity index (χ3v) is 5.37. The van der Waals surface area contributed by atoms with E-state index in [2.05, 4.69) is 10.3 Å². The number of nitrogens with one attached hydrogen (secondary N) is 1. The van der Waals surface area contributed by atoms with Crippen LogP contribution in [0.5, 0.6) is 0 Å². The van der Waals surface area contributed by atoms with Crippen molar-refractivity contribution in [3.8, 4) is 11.3 Å². The molecule has 0 aliphatic carbocycles. The fraction of sp³-hybridized carbons (Fsp3) is 0.435. The highest BCUT2D eigenvalue weighted by atomic mass is 16.6. The molecule has 0 radical (unpaired) electrons. The Morgan fingerprint density at radius 2 is 2.00 bits per heavy atom. The van der Waals surface area contributed by atoms with Crippen LogP contribution in [0.15, 0.2) is 42.6 Å². The number of hydrogen-bond acceptors (Lipinski definition) is 6. The van der Waals surface area contributed by atoms with E-state index in [9.17, 15) is 4.79 Å². The third kappa shape index (κ3) is 4.80. The molecule has 1 aromatic carbocycles. The Kier molecular flexibility index (Phi) is 5.82. The number of ether oxygens (including phenoxy) is 1. The van der Waals surface area contributed by atoms with Gasteiger partial charge >= 0.3 is 6.09 Å². The van der Waals surface area contributed by atoms with Crippen LogP contribution in [0.2, 0.25) is 0 Å². The number of rotatable bonds is 5. The number of aromatic nitrogens is 3. The maximum Gasteiger partial charge on any atom is 0.410 e. The molecule has 0 bridgehead atoms. The van der Waals surface area contributed by atoms with Gasteiger partial charge in [0, 0.05) is 25.2 Å². The summed E-state index contributed by atoms with van der Waals surface area (Å²) < 4.78 is 7.39. The van der Waals surface area contributed by atoms with E-state index in [0.717, 1.165) is 47.7 Å². The first-order chi connectivity index (χ1) is 14.8. The summed E-state index contributed by atoms with van der Waals surface area (Å²) >= 11 is 0. The van der Waals surface area contributed by atoms with Gasteiger partial charge in [-0.3, -0.25) is 0 Å². The summed E-state index contributed by atoms with van der Waals surface area (Å²) in [5.74, 6) is 0.737. The van der Waals surface area contributed by atoms with E-state index in [1.165, 1.54) is 0 Å². The Morgan fingerprint density at radius 1 is 1.23 bits per heavy atom. The average molecular weight is 423 g/mol. The Balaban J connectivity index is 1.48. The largest absolute Gasteiger partial charge is 0.444 e. The summed E-state index contributed by atoms with van der Waals surface area (Å²) in [5.41, 5.74) is 9.01. The molecule has 1 aliphatic rings. The number of anilines is 1. The van der Waals surface area contributed by atoms with Crippen molar-refractivity contribution in [2.24, 2.45) is 5.73 Å². The molecule has 3 aromatic rings. The van der Waals surface area contributed by atoms with Crippen molar-refractivity contribution in [1.82, 2.24) is 19.5 Å². The van der Waals surface area contributed by atoms with Crippen molar-refractivity contribution < 1.29 is 9.53 Å². The molecule has 31 heavy (non-hydrogen) atoms. The average Bonchev–Trinajstić information content (AvgIpc) is 3.38. The zero-order valence-electron chi connectivity index (χ0n) is 18.3. The lowest BCUT2D eigenvalue weighted by Gasteiger charge is -2.28. The van der Waals surface area contributed by atoms with Crippen LogP contribution in [-0.4, -0.2) is 50.3 Å². The Labute approximate surface area is 182 Å². The second-order valence-corrected chi connectivity index (χ2v) is 8.88. The lowest BCUT2D eigenvalue weighted by atomic mass is 10.1. The zero-order chi connectivity index (χ0) is 22.0. The van der Waals surface area contributed by atoms with Gasteiger partial charge in [0.05, 0.1) is 17.9 Å². The topological polar surface area (TPSA) is 97.8 Å². The van der Waals surface area contributed by atoms with Crippen molar-refractivity contribution in [2.45, 2.75) is 51.8 Å². The van der Waals surface area contributed by atoms with Crippen molar-refractivity contribution in [1.29, 1.82) is 0 Å². The molecule has 3 heterocycles. The fourth-order valence-corrected chi connectivity index (χ4v) is 3.81. The maximum absolute atomic E-state index is 12.5. The molecule has 0 spiro atoms. The molecular formula is C23H30N6O2. The van der Waals surface area contributed by atoms with E-state index in [1.54, 1.807) is 0 Å². The van der Waals surface area contributed by atoms with Crippen LogP contribution in [0.4, 0.5) is 10.6 Å². The minimum absolute atomic E-state index is 0.0819. The quantitative estimate of drug-likeness (QED) is 0.651. The molecule has 1 saturated heterocycles. The van der Waals surface area contributed by atoms with Crippen molar-refractivity contribution in [3.63, 3.8) is 0 Å². The van der Waals surface area contributed by atoms with Gasteiger partial charge in [-0.2, -0.15) is 0 Å². The monoisotopic (exact) mass is 422 g/mol. The number of imidazole rings is 1. The molecule has 2 aromatic heterocycles. The normalized spacial score (nSPS) is 16.6. The van der Waals surface area contributed by atoms with E-state index in [0.29, 0.717) is 13.1 Å². The molecule has 8 heteroatoms. The minimum Gasteiger partial charge on any atom is -0.444 e. The standard InChI is InChI=1S/C23H30N6O2/c1-23(2,3)31-22(30)28-12-4-5-18(28)14-25-20-10-11-21-26-15-19(29(21)27-20)17-8-6-16(13-24)7-9-17/h6-11,15,18H,4-5,12-14,24H2,1-3H3,(H,25,27). The van der Waals surface area contributed by atoms with E-state index < -0.39 is 5.60 Å². The molecule has 164 valence electrons. The molecule has 1 amide bonds. The number of benzene rings is 1. The summed E-state index contributed by atoms with van der Waals surface area (Å²) in [6, 6.07) is 12.0. The predicted octanol–water partition coefficient (Wildman–Crippen LogP) is 3.67. The molecule has 3 N–H and O–H groups in total. The first-order valence-electron chi connectivity index (χ1n) is 10.7. The summed E-state index contributed by atoms with van der Waals surface area (Å²) in [4.78, 5) is 18.8. The van der Waals surface area contributed by atoms with Crippen LogP contribution in [-0.2, 0) is 11.3 Å². The van der Waals surface area contributed by atoms with Gasteiger partial charge in [-0.15, -0.1) is 5.10 Å². The number of nitrogens with two attached hydrogens (primary N) is 1. The van der Waals surface area contributed by atoms with Crippen molar-refractivity contribution in [2.75, 3.05) is 18.4 Å². The Hall–Kier alpha value is -3.13. The second-order valence-electron chi connectivity index (χ2n) is 8.88. The summed E-state index contributed by atoms with van der Waals surface area (Å²) in [6.45, 7) is 7.52. The van der Waals surface area contributed by atoms with Gasteiger partial charge in [-0.1, -0.05) is 24.3 Å². The molecule has 1 aliphatic heterocycles. The van der Waals surface area contributed by atoms with Gasteiger partial charge in [0.1, 0.15) is 11.4 Å². The molecule has 8 nitrogen and oxygen atoms in total. The summed E-state index contributed by atoms with van der Waals surface area (Å²) in [6.07, 6.45) is 3.49. The highest BCUT2D eigenvalue weighted by molar-refractivity contribution is 5.69. The highest BCUT2D eigenvalue weighted by Gasteiger charge is 2.32. The molecule has 1 atom stereocenters. The third-order valence-electron chi connectivity index (χ3n) is 5.37. The van der Waals surface area contributed by atoms with Gasteiger partial charge in [0.25, 0.3) is 0 Å². The van der Waals surface area contributed by atoms with Crippen LogP contribution in [0, 0.1) is 0 Å². The summed E-state index contributed by atoms with van der Waals surface area (Å²) in [5, 5.41) is 8.12. The van der Waals surface area contributed by atoms with Gasteiger partial charge in [0.15, 0.2) is 5.65 Å². The van der Waals surface area contributed by atoms with Gasteiger partial charge < -0.3 is 20.7 Å².